The van der Waals surface area contributed by atoms with E-state index in [2.05, 4.69) is 5.32 Å². The van der Waals surface area contributed by atoms with Crippen LogP contribution in [-0.2, 0) is 14.3 Å². The Labute approximate surface area is 143 Å². The van der Waals surface area contributed by atoms with E-state index in [4.69, 9.17) is 14.2 Å². The molecule has 0 aliphatic carbocycles. The molecule has 6 heteroatoms. The number of rotatable bonds is 9. The molecule has 0 unspecified atom stereocenters. The van der Waals surface area contributed by atoms with Gasteiger partial charge >= 0.3 is 5.97 Å². The van der Waals surface area contributed by atoms with E-state index >= 15 is 0 Å². The van der Waals surface area contributed by atoms with Crippen molar-refractivity contribution >= 4 is 11.9 Å². The number of nitrogens with one attached hydrogen (secondary N) is 1. The van der Waals surface area contributed by atoms with Crippen LogP contribution >= 0.6 is 0 Å². The number of hydrogen-bond acceptors (Lipinski definition) is 5. The molecule has 0 saturated heterocycles. The first-order valence-corrected chi connectivity index (χ1v) is 8.08. The van der Waals surface area contributed by atoms with Crippen LogP contribution < -0.4 is 14.8 Å². The summed E-state index contributed by atoms with van der Waals surface area (Å²) in [5.41, 5.74) is -0.154. The maximum Gasteiger partial charge on any atom is 0.306 e. The molecule has 0 atom stereocenters. The number of ether oxygens (including phenoxy) is 3. The Morgan fingerprint density at radius 1 is 1.04 bits per heavy atom. The van der Waals surface area contributed by atoms with E-state index in [1.165, 1.54) is 0 Å². The first-order valence-electron chi connectivity index (χ1n) is 8.08. The molecule has 24 heavy (non-hydrogen) atoms. The minimum atomic E-state index is -0.372. The maximum atomic E-state index is 11.6. The van der Waals surface area contributed by atoms with E-state index in [0.717, 1.165) is 5.75 Å². The van der Waals surface area contributed by atoms with Gasteiger partial charge in [-0.15, -0.1) is 0 Å². The normalized spacial score (nSPS) is 10.8. The largest absolute Gasteiger partial charge is 0.494 e. The highest BCUT2D eigenvalue weighted by molar-refractivity contribution is 5.80. The van der Waals surface area contributed by atoms with E-state index < -0.39 is 0 Å². The molecule has 0 aliphatic rings. The van der Waals surface area contributed by atoms with Crippen LogP contribution in [0.1, 0.15) is 34.1 Å². The Hall–Kier alpha value is -2.24. The van der Waals surface area contributed by atoms with Gasteiger partial charge in [0.15, 0.2) is 6.61 Å². The minimum Gasteiger partial charge on any atom is -0.494 e. The highest BCUT2D eigenvalue weighted by atomic mass is 16.5. The second kappa shape index (κ2) is 9.80. The summed E-state index contributed by atoms with van der Waals surface area (Å²) in [5.74, 6) is 0.773. The molecule has 0 radical (unpaired) electrons. The molecule has 1 rings (SSSR count). The van der Waals surface area contributed by atoms with E-state index in [0.29, 0.717) is 25.5 Å². The molecule has 0 bridgehead atoms. The van der Waals surface area contributed by atoms with Gasteiger partial charge in [-0.1, -0.05) is 20.8 Å². The van der Waals surface area contributed by atoms with Crippen LogP contribution in [0.2, 0.25) is 0 Å². The predicted octanol–water partition coefficient (Wildman–Crippen LogP) is 2.56. The van der Waals surface area contributed by atoms with Crippen molar-refractivity contribution in [3.05, 3.63) is 24.3 Å². The van der Waals surface area contributed by atoms with Crippen molar-refractivity contribution < 1.29 is 23.8 Å². The second-order valence-corrected chi connectivity index (χ2v) is 6.50. The Morgan fingerprint density at radius 2 is 1.62 bits per heavy atom. The molecule has 6 nitrogen and oxygen atoms in total. The third-order valence-corrected chi connectivity index (χ3v) is 2.87. The van der Waals surface area contributed by atoms with Gasteiger partial charge in [0.1, 0.15) is 18.1 Å². The van der Waals surface area contributed by atoms with Crippen molar-refractivity contribution in [3.63, 3.8) is 0 Å². The summed E-state index contributed by atoms with van der Waals surface area (Å²) >= 11 is 0. The van der Waals surface area contributed by atoms with E-state index in [1.54, 1.807) is 12.1 Å². The molecular formula is C18H27NO5. The van der Waals surface area contributed by atoms with Crippen molar-refractivity contribution in [2.75, 3.05) is 26.4 Å². The lowest BCUT2D eigenvalue weighted by molar-refractivity contribution is -0.150. The first kappa shape index (κ1) is 19.8. The van der Waals surface area contributed by atoms with Crippen molar-refractivity contribution in [3.8, 4) is 11.5 Å². The lowest BCUT2D eigenvalue weighted by atomic mass is 9.93. The minimum absolute atomic E-state index is 0.154. The summed E-state index contributed by atoms with van der Waals surface area (Å²) in [6, 6.07) is 7.26. The van der Waals surface area contributed by atoms with Gasteiger partial charge in [-0.2, -0.15) is 0 Å². The fraction of sp³-hybridized carbons (Fsp3) is 0.556. The summed E-state index contributed by atoms with van der Waals surface area (Å²) in [6.07, 6.45) is 0.279. The Bertz CT molecular complexity index is 519. The van der Waals surface area contributed by atoms with E-state index in [9.17, 15) is 9.59 Å². The molecule has 0 spiro atoms. The zero-order valence-corrected chi connectivity index (χ0v) is 14.9. The van der Waals surface area contributed by atoms with Gasteiger partial charge in [0, 0.05) is 0 Å². The number of hydrogen-bond donors (Lipinski definition) is 1. The molecular weight excluding hydrogens is 310 g/mol. The van der Waals surface area contributed by atoms with Crippen molar-refractivity contribution in [1.29, 1.82) is 0 Å². The average molecular weight is 337 g/mol. The SMILES string of the molecule is CCOc1ccc(OCCNC(=O)COC(=O)CC(C)(C)C)cc1. The van der Waals surface area contributed by atoms with Crippen LogP contribution in [0, 0.1) is 5.41 Å². The smallest absolute Gasteiger partial charge is 0.306 e. The average Bonchev–Trinajstić information content (AvgIpc) is 2.50. The van der Waals surface area contributed by atoms with Crippen molar-refractivity contribution in [2.45, 2.75) is 34.1 Å². The highest BCUT2D eigenvalue weighted by Gasteiger charge is 2.17. The van der Waals surface area contributed by atoms with Crippen molar-refractivity contribution in [1.82, 2.24) is 5.32 Å². The lowest BCUT2D eigenvalue weighted by Crippen LogP contribution is -2.32. The van der Waals surface area contributed by atoms with Crippen LogP contribution in [0.5, 0.6) is 11.5 Å². The van der Waals surface area contributed by atoms with Gasteiger partial charge in [-0.3, -0.25) is 9.59 Å². The van der Waals surface area contributed by atoms with Gasteiger partial charge < -0.3 is 19.5 Å². The Balaban J connectivity index is 2.16. The molecule has 1 aromatic carbocycles. The zero-order valence-electron chi connectivity index (χ0n) is 14.9. The quantitative estimate of drug-likeness (QED) is 0.554. The van der Waals surface area contributed by atoms with Crippen LogP contribution in [0.3, 0.4) is 0 Å². The van der Waals surface area contributed by atoms with Gasteiger partial charge in [0.25, 0.3) is 5.91 Å². The molecule has 1 N–H and O–H groups in total. The molecule has 1 aromatic rings. The molecule has 134 valence electrons. The van der Waals surface area contributed by atoms with Crippen LogP contribution in [-0.4, -0.2) is 38.2 Å². The maximum absolute atomic E-state index is 11.6. The van der Waals surface area contributed by atoms with E-state index in [-0.39, 0.29) is 30.3 Å². The monoisotopic (exact) mass is 337 g/mol. The number of benzene rings is 1. The Morgan fingerprint density at radius 3 is 2.17 bits per heavy atom. The number of carbonyl (C=O) groups excluding carboxylic acids is 2. The summed E-state index contributed by atoms with van der Waals surface area (Å²) in [6.45, 7) is 8.75. The fourth-order valence-corrected chi connectivity index (χ4v) is 1.84. The Kier molecular flexibility index (Phi) is 8.09. The van der Waals surface area contributed by atoms with Crippen LogP contribution in [0.4, 0.5) is 0 Å². The highest BCUT2D eigenvalue weighted by Crippen LogP contribution is 2.19. The van der Waals surface area contributed by atoms with Gasteiger partial charge in [0.05, 0.1) is 19.6 Å². The van der Waals surface area contributed by atoms with Crippen molar-refractivity contribution in [2.24, 2.45) is 5.41 Å². The fourth-order valence-electron chi connectivity index (χ4n) is 1.84. The summed E-state index contributed by atoms with van der Waals surface area (Å²) < 4.78 is 15.8. The zero-order chi connectivity index (χ0) is 18.0. The lowest BCUT2D eigenvalue weighted by Gasteiger charge is -2.16. The predicted molar refractivity (Wildman–Crippen MR) is 91.1 cm³/mol. The van der Waals surface area contributed by atoms with E-state index in [1.807, 2.05) is 39.8 Å². The number of carbonyl (C=O) groups is 2. The standard InChI is InChI=1S/C18H27NO5/c1-5-22-14-6-8-15(9-7-14)23-11-10-19-16(20)13-24-17(21)12-18(2,3)4/h6-9H,5,10-13H2,1-4H3,(H,19,20). The second-order valence-electron chi connectivity index (χ2n) is 6.50. The first-order chi connectivity index (χ1) is 11.3. The van der Waals surface area contributed by atoms with Crippen LogP contribution in [0.25, 0.3) is 0 Å². The molecule has 1 amide bonds. The van der Waals surface area contributed by atoms with Gasteiger partial charge in [0.2, 0.25) is 0 Å². The van der Waals surface area contributed by atoms with Gasteiger partial charge in [-0.05, 0) is 36.6 Å². The third kappa shape index (κ3) is 9.02. The molecule has 0 aliphatic heterocycles. The van der Waals surface area contributed by atoms with Crippen LogP contribution in [0.15, 0.2) is 24.3 Å². The summed E-state index contributed by atoms with van der Waals surface area (Å²) in [7, 11) is 0. The molecule has 0 saturated carbocycles. The third-order valence-electron chi connectivity index (χ3n) is 2.87. The number of amides is 1. The topological polar surface area (TPSA) is 73.9 Å². The molecule has 0 aromatic heterocycles. The summed E-state index contributed by atoms with van der Waals surface area (Å²) in [5, 5.41) is 2.64. The number of esters is 1. The summed E-state index contributed by atoms with van der Waals surface area (Å²) in [4.78, 5) is 23.1. The molecule has 0 fully saturated rings. The molecule has 0 heterocycles. The van der Waals surface area contributed by atoms with Gasteiger partial charge in [-0.25, -0.2) is 0 Å².